The molecule has 0 bridgehead atoms. The molecule has 5 nitrogen and oxygen atoms in total. The summed E-state index contributed by atoms with van der Waals surface area (Å²) in [5.74, 6) is 0.979. The summed E-state index contributed by atoms with van der Waals surface area (Å²) < 4.78 is 17.0. The monoisotopic (exact) mass is 376 g/mol. The average molecular weight is 377 g/mol. The molecule has 0 saturated carbocycles. The number of aromatic nitrogens is 2. The Bertz CT molecular complexity index is 575. The van der Waals surface area contributed by atoms with E-state index in [9.17, 15) is 0 Å². The fraction of sp³-hybridized carbons (Fsp3) is 0.727. The lowest BCUT2D eigenvalue weighted by molar-refractivity contribution is 0.243. The van der Waals surface area contributed by atoms with Crippen LogP contribution in [-0.2, 0) is 0 Å². The molecule has 0 aliphatic heterocycles. The van der Waals surface area contributed by atoms with Crippen molar-refractivity contribution in [2.75, 3.05) is 13.2 Å². The second-order valence-electron chi connectivity index (χ2n) is 7.21. The smallest absolute Gasteiger partial charge is 0.278 e. The van der Waals surface area contributed by atoms with E-state index >= 15 is 0 Å². The van der Waals surface area contributed by atoms with Gasteiger partial charge in [0.05, 0.1) is 13.2 Å². The predicted octanol–water partition coefficient (Wildman–Crippen LogP) is 6.70. The third kappa shape index (κ3) is 8.19. The summed E-state index contributed by atoms with van der Waals surface area (Å²) in [6, 6.07) is 0. The van der Waals surface area contributed by atoms with Gasteiger partial charge in [0.2, 0.25) is 0 Å². The van der Waals surface area contributed by atoms with Crippen LogP contribution in [-0.4, -0.2) is 23.2 Å². The van der Waals surface area contributed by atoms with Crippen LogP contribution in [0.2, 0.25) is 0 Å². The first-order valence-corrected chi connectivity index (χ1v) is 10.8. The Morgan fingerprint density at radius 3 is 1.48 bits per heavy atom. The van der Waals surface area contributed by atoms with Gasteiger partial charge >= 0.3 is 0 Å². The van der Waals surface area contributed by atoms with Crippen molar-refractivity contribution in [1.82, 2.24) is 9.97 Å². The quantitative estimate of drug-likeness (QED) is 0.305. The maximum absolute atomic E-state index is 5.89. The standard InChI is InChI=1S/C22H36N2O3/c1-3-5-7-9-11-13-15-26-21-22(24-20-18-25-17-19(20)23-21)27-16-14-12-10-8-6-4-2/h17-18H,3-16H2,1-2H3. The molecule has 0 saturated heterocycles. The largest absolute Gasteiger partial charge is 0.474 e. The van der Waals surface area contributed by atoms with Gasteiger partial charge in [0.25, 0.3) is 11.8 Å². The second-order valence-corrected chi connectivity index (χ2v) is 7.21. The van der Waals surface area contributed by atoms with E-state index in [-0.39, 0.29) is 0 Å². The van der Waals surface area contributed by atoms with Gasteiger partial charge < -0.3 is 13.9 Å². The molecule has 0 N–H and O–H groups in total. The number of rotatable bonds is 16. The van der Waals surface area contributed by atoms with Crippen LogP contribution in [0, 0.1) is 0 Å². The molecule has 2 aromatic rings. The summed E-state index contributed by atoms with van der Waals surface area (Å²) in [7, 11) is 0. The lowest BCUT2D eigenvalue weighted by Gasteiger charge is -2.11. The molecule has 0 atom stereocenters. The highest BCUT2D eigenvalue weighted by atomic mass is 16.5. The summed E-state index contributed by atoms with van der Waals surface area (Å²) in [5.41, 5.74) is 1.42. The molecule has 2 rings (SSSR count). The zero-order chi connectivity index (χ0) is 19.2. The topological polar surface area (TPSA) is 57.4 Å². The maximum Gasteiger partial charge on any atom is 0.278 e. The summed E-state index contributed by atoms with van der Waals surface area (Å²) in [4.78, 5) is 9.04. The van der Waals surface area contributed by atoms with Crippen molar-refractivity contribution in [1.29, 1.82) is 0 Å². The van der Waals surface area contributed by atoms with E-state index in [1.165, 1.54) is 64.2 Å². The first-order chi connectivity index (χ1) is 13.3. The Balaban J connectivity index is 1.78. The van der Waals surface area contributed by atoms with Crippen LogP contribution < -0.4 is 9.47 Å². The third-order valence-corrected chi connectivity index (χ3v) is 4.72. The molecule has 0 aliphatic carbocycles. The lowest BCUT2D eigenvalue weighted by Crippen LogP contribution is -2.06. The SMILES string of the molecule is CCCCCCCCOc1nc2cocc2nc1OCCCCCCCC. The fourth-order valence-corrected chi connectivity index (χ4v) is 3.06. The number of furan rings is 1. The van der Waals surface area contributed by atoms with Gasteiger partial charge in [-0.2, -0.15) is 0 Å². The van der Waals surface area contributed by atoms with Gasteiger partial charge in [0, 0.05) is 0 Å². The molecular formula is C22H36N2O3. The van der Waals surface area contributed by atoms with Crippen molar-refractivity contribution in [3.8, 4) is 11.8 Å². The lowest BCUT2D eigenvalue weighted by atomic mass is 10.1. The van der Waals surface area contributed by atoms with Gasteiger partial charge in [-0.1, -0.05) is 78.1 Å². The Kier molecular flexibility index (Phi) is 10.7. The number of unbranched alkanes of at least 4 members (excludes halogenated alkanes) is 10. The molecule has 2 aromatic heterocycles. The molecule has 0 aliphatic rings. The van der Waals surface area contributed by atoms with E-state index in [4.69, 9.17) is 13.9 Å². The Morgan fingerprint density at radius 1 is 0.630 bits per heavy atom. The Hall–Kier alpha value is -1.78. The number of nitrogens with zero attached hydrogens (tertiary/aromatic N) is 2. The summed E-state index contributed by atoms with van der Waals surface area (Å²) in [6.07, 6.45) is 18.0. The van der Waals surface area contributed by atoms with Gasteiger partial charge in [-0.3, -0.25) is 0 Å². The average Bonchev–Trinajstić information content (AvgIpc) is 3.13. The van der Waals surface area contributed by atoms with E-state index in [1.807, 2.05) is 0 Å². The van der Waals surface area contributed by atoms with Crippen LogP contribution in [0.4, 0.5) is 0 Å². The van der Waals surface area contributed by atoms with Crippen LogP contribution in [0.25, 0.3) is 11.0 Å². The third-order valence-electron chi connectivity index (χ3n) is 4.72. The molecule has 5 heteroatoms. The number of ether oxygens (including phenoxy) is 2. The molecule has 27 heavy (non-hydrogen) atoms. The van der Waals surface area contributed by atoms with Gasteiger partial charge in [0.1, 0.15) is 23.6 Å². The van der Waals surface area contributed by atoms with Crippen molar-refractivity contribution in [2.45, 2.75) is 90.9 Å². The van der Waals surface area contributed by atoms with E-state index < -0.39 is 0 Å². The van der Waals surface area contributed by atoms with Gasteiger partial charge in [0.15, 0.2) is 0 Å². The van der Waals surface area contributed by atoms with Crippen LogP contribution in [0.15, 0.2) is 16.9 Å². The molecule has 0 unspecified atom stereocenters. The van der Waals surface area contributed by atoms with Crippen LogP contribution >= 0.6 is 0 Å². The van der Waals surface area contributed by atoms with Crippen molar-refractivity contribution in [2.24, 2.45) is 0 Å². The van der Waals surface area contributed by atoms with E-state index in [2.05, 4.69) is 23.8 Å². The number of hydrogen-bond donors (Lipinski definition) is 0. The minimum atomic E-state index is 0.489. The highest BCUT2D eigenvalue weighted by Crippen LogP contribution is 2.26. The maximum atomic E-state index is 5.89. The highest BCUT2D eigenvalue weighted by molar-refractivity contribution is 5.73. The van der Waals surface area contributed by atoms with Gasteiger partial charge in [-0.25, -0.2) is 9.97 Å². The zero-order valence-electron chi connectivity index (χ0n) is 17.2. The van der Waals surface area contributed by atoms with Crippen LogP contribution in [0.1, 0.15) is 90.9 Å². The van der Waals surface area contributed by atoms with Crippen molar-refractivity contribution < 1.29 is 13.9 Å². The van der Waals surface area contributed by atoms with Crippen molar-refractivity contribution in [3.63, 3.8) is 0 Å². The minimum Gasteiger partial charge on any atom is -0.474 e. The van der Waals surface area contributed by atoms with E-state index in [1.54, 1.807) is 12.5 Å². The normalized spacial score (nSPS) is 11.2. The van der Waals surface area contributed by atoms with E-state index in [0.29, 0.717) is 36.0 Å². The predicted molar refractivity (Wildman–Crippen MR) is 110 cm³/mol. The Labute approximate surface area is 163 Å². The number of fused-ring (bicyclic) bond motifs is 1. The summed E-state index contributed by atoms with van der Waals surface area (Å²) in [6.45, 7) is 5.77. The van der Waals surface area contributed by atoms with Gasteiger partial charge in [-0.05, 0) is 12.8 Å². The molecular weight excluding hydrogens is 340 g/mol. The molecule has 0 amide bonds. The zero-order valence-corrected chi connectivity index (χ0v) is 17.2. The number of hydrogen-bond acceptors (Lipinski definition) is 5. The molecule has 2 heterocycles. The molecule has 0 fully saturated rings. The molecule has 0 spiro atoms. The first kappa shape index (κ1) is 21.5. The van der Waals surface area contributed by atoms with Crippen molar-refractivity contribution >= 4 is 11.0 Å². The summed E-state index contributed by atoms with van der Waals surface area (Å²) >= 11 is 0. The van der Waals surface area contributed by atoms with Crippen LogP contribution in [0.3, 0.4) is 0 Å². The molecule has 0 aromatic carbocycles. The summed E-state index contributed by atoms with van der Waals surface area (Å²) in [5, 5.41) is 0. The second kappa shape index (κ2) is 13.4. The van der Waals surface area contributed by atoms with E-state index in [0.717, 1.165) is 12.8 Å². The van der Waals surface area contributed by atoms with Gasteiger partial charge in [-0.15, -0.1) is 0 Å². The first-order valence-electron chi connectivity index (χ1n) is 10.8. The fourth-order valence-electron chi connectivity index (χ4n) is 3.06. The Morgan fingerprint density at radius 2 is 1.04 bits per heavy atom. The minimum absolute atomic E-state index is 0.489. The highest BCUT2D eigenvalue weighted by Gasteiger charge is 2.13. The molecule has 0 radical (unpaired) electrons. The van der Waals surface area contributed by atoms with Crippen molar-refractivity contribution in [3.05, 3.63) is 12.5 Å². The van der Waals surface area contributed by atoms with Crippen LogP contribution in [0.5, 0.6) is 11.8 Å². The molecule has 152 valence electrons.